The van der Waals surface area contributed by atoms with Crippen molar-refractivity contribution < 1.29 is 5.11 Å². The Labute approximate surface area is 153 Å². The van der Waals surface area contributed by atoms with E-state index in [2.05, 4.69) is 68.7 Å². The monoisotopic (exact) mass is 348 g/mol. The summed E-state index contributed by atoms with van der Waals surface area (Å²) in [5.41, 5.74) is 4.74. The van der Waals surface area contributed by atoms with E-state index >= 15 is 0 Å². The number of aliphatic hydroxyl groups excluding tert-OH is 1. The molecule has 5 nitrogen and oxygen atoms in total. The highest BCUT2D eigenvalue weighted by molar-refractivity contribution is 5.91. The maximum absolute atomic E-state index is 9.30. The molecule has 26 heavy (non-hydrogen) atoms. The molecule has 0 radical (unpaired) electrons. The van der Waals surface area contributed by atoms with Gasteiger partial charge in [-0.25, -0.2) is 0 Å². The summed E-state index contributed by atoms with van der Waals surface area (Å²) in [5.74, 6) is 0.933. The van der Waals surface area contributed by atoms with Crippen LogP contribution in [0.1, 0.15) is 12.0 Å². The minimum absolute atomic E-state index is 0.184. The van der Waals surface area contributed by atoms with E-state index < -0.39 is 0 Å². The van der Waals surface area contributed by atoms with Crippen LogP contribution in [0.15, 0.2) is 59.6 Å². The number of benzene rings is 2. The number of guanidine groups is 1. The molecule has 1 aliphatic heterocycles. The number of rotatable bonds is 6. The average Bonchev–Trinajstić information content (AvgIpc) is 3.34. The van der Waals surface area contributed by atoms with Gasteiger partial charge in [-0.15, -0.1) is 0 Å². The molecule has 2 aromatic carbocycles. The molecule has 0 atom stereocenters. The lowest BCUT2D eigenvalue weighted by atomic mass is 10.0. The average molecular weight is 348 g/mol. The molecule has 1 aliphatic rings. The number of nitrogens with one attached hydrogen (secondary N) is 2. The molecule has 0 saturated carbocycles. The lowest BCUT2D eigenvalue weighted by molar-refractivity contribution is 0.264. The predicted octanol–water partition coefficient (Wildman–Crippen LogP) is 2.98. The second kappa shape index (κ2) is 7.62. The number of aliphatic imine (C=N–C) groups is 1. The number of aromatic amines is 1. The van der Waals surface area contributed by atoms with Gasteiger partial charge in [-0.3, -0.25) is 4.99 Å². The van der Waals surface area contributed by atoms with Gasteiger partial charge in [-0.1, -0.05) is 48.5 Å². The minimum atomic E-state index is 0.184. The van der Waals surface area contributed by atoms with Gasteiger partial charge in [-0.05, 0) is 18.1 Å². The highest BCUT2D eigenvalue weighted by Gasteiger charge is 2.20. The van der Waals surface area contributed by atoms with Gasteiger partial charge in [-0.2, -0.15) is 0 Å². The highest BCUT2D eigenvalue weighted by Crippen LogP contribution is 2.31. The molecule has 0 fully saturated rings. The number of fused-ring (bicyclic) bond motifs is 1. The van der Waals surface area contributed by atoms with E-state index in [1.54, 1.807) is 0 Å². The van der Waals surface area contributed by atoms with Crippen molar-refractivity contribution in [1.82, 2.24) is 15.2 Å². The summed E-state index contributed by atoms with van der Waals surface area (Å²) in [7, 11) is 0. The fraction of sp³-hybridized carbons (Fsp3) is 0.286. The van der Waals surface area contributed by atoms with Crippen LogP contribution in [-0.4, -0.2) is 47.2 Å². The van der Waals surface area contributed by atoms with Gasteiger partial charge in [0.15, 0.2) is 5.96 Å². The van der Waals surface area contributed by atoms with Gasteiger partial charge >= 0.3 is 0 Å². The summed E-state index contributed by atoms with van der Waals surface area (Å²) in [4.78, 5) is 10.4. The Kier molecular flexibility index (Phi) is 4.88. The largest absolute Gasteiger partial charge is 0.396 e. The molecule has 0 saturated heterocycles. The molecule has 2 heterocycles. The number of hydrogen-bond acceptors (Lipinski definition) is 4. The van der Waals surface area contributed by atoms with Crippen molar-refractivity contribution in [2.24, 2.45) is 4.99 Å². The van der Waals surface area contributed by atoms with Crippen LogP contribution in [-0.2, 0) is 6.54 Å². The molecule has 134 valence electrons. The van der Waals surface area contributed by atoms with Crippen LogP contribution >= 0.6 is 0 Å². The number of nitrogens with zero attached hydrogens (tertiary/aromatic N) is 2. The van der Waals surface area contributed by atoms with E-state index in [0.29, 0.717) is 0 Å². The third-order valence-electron chi connectivity index (χ3n) is 4.77. The zero-order valence-corrected chi connectivity index (χ0v) is 14.8. The van der Waals surface area contributed by atoms with Crippen molar-refractivity contribution in [3.63, 3.8) is 0 Å². The Bertz CT molecular complexity index is 901. The summed E-state index contributed by atoms with van der Waals surface area (Å²) in [6.07, 6.45) is 0.726. The maximum Gasteiger partial charge on any atom is 0.194 e. The highest BCUT2D eigenvalue weighted by atomic mass is 16.3. The second-order valence-corrected chi connectivity index (χ2v) is 6.52. The quantitative estimate of drug-likeness (QED) is 0.642. The van der Waals surface area contributed by atoms with Crippen molar-refractivity contribution in [2.45, 2.75) is 13.0 Å². The van der Waals surface area contributed by atoms with Gasteiger partial charge in [0.2, 0.25) is 0 Å². The fourth-order valence-corrected chi connectivity index (χ4v) is 3.52. The zero-order chi connectivity index (χ0) is 17.8. The first kappa shape index (κ1) is 16.7. The third kappa shape index (κ3) is 3.30. The molecule has 1 aromatic heterocycles. The Balaban J connectivity index is 1.76. The molecule has 3 N–H and O–H groups in total. The van der Waals surface area contributed by atoms with E-state index in [-0.39, 0.29) is 6.61 Å². The summed E-state index contributed by atoms with van der Waals surface area (Å²) < 4.78 is 0. The Hall–Kier alpha value is -2.79. The molecule has 0 amide bonds. The van der Waals surface area contributed by atoms with Crippen LogP contribution in [0, 0.1) is 0 Å². The third-order valence-corrected chi connectivity index (χ3v) is 4.77. The summed E-state index contributed by atoms with van der Waals surface area (Å²) >= 11 is 0. The zero-order valence-electron chi connectivity index (χ0n) is 14.8. The molecule has 5 heteroatoms. The van der Waals surface area contributed by atoms with Crippen LogP contribution in [0.2, 0.25) is 0 Å². The van der Waals surface area contributed by atoms with E-state index in [4.69, 9.17) is 0 Å². The molecule has 0 unspecified atom stereocenters. The van der Waals surface area contributed by atoms with Crippen LogP contribution in [0.4, 0.5) is 0 Å². The van der Waals surface area contributed by atoms with E-state index in [1.165, 1.54) is 16.5 Å². The Morgan fingerprint density at radius 1 is 1.04 bits per heavy atom. The normalized spacial score (nSPS) is 13.7. The maximum atomic E-state index is 9.30. The van der Waals surface area contributed by atoms with Crippen LogP contribution in [0.5, 0.6) is 0 Å². The predicted molar refractivity (Wildman–Crippen MR) is 106 cm³/mol. The van der Waals surface area contributed by atoms with Gasteiger partial charge in [0, 0.05) is 42.7 Å². The number of hydrogen-bond donors (Lipinski definition) is 3. The number of H-pyrrole nitrogens is 1. The van der Waals surface area contributed by atoms with E-state index in [9.17, 15) is 5.11 Å². The summed E-state index contributed by atoms with van der Waals surface area (Å²) in [6, 6.07) is 18.9. The Morgan fingerprint density at radius 3 is 2.62 bits per heavy atom. The van der Waals surface area contributed by atoms with Crippen molar-refractivity contribution in [2.75, 3.05) is 26.2 Å². The second-order valence-electron chi connectivity index (χ2n) is 6.52. The molecule has 0 bridgehead atoms. The Morgan fingerprint density at radius 2 is 1.85 bits per heavy atom. The van der Waals surface area contributed by atoms with Gasteiger partial charge in [0.25, 0.3) is 0 Å². The van der Waals surface area contributed by atoms with E-state index in [1.807, 2.05) is 6.07 Å². The smallest absolute Gasteiger partial charge is 0.194 e. The summed E-state index contributed by atoms with van der Waals surface area (Å²) in [6.45, 7) is 3.40. The molecule has 3 aromatic rings. The van der Waals surface area contributed by atoms with Crippen molar-refractivity contribution in [1.29, 1.82) is 0 Å². The number of aromatic nitrogens is 1. The van der Waals surface area contributed by atoms with Crippen LogP contribution in [0.25, 0.3) is 22.2 Å². The van der Waals surface area contributed by atoms with Crippen LogP contribution in [0.3, 0.4) is 0 Å². The standard InChI is InChI=1S/C21H24N4O/c26-14-6-13-25(21-22-11-12-23-21)15-18-17-9-4-5-10-19(17)24-20(18)16-7-2-1-3-8-16/h1-5,7-10,24,26H,6,11-15H2,(H,22,23). The molecule has 4 rings (SSSR count). The van der Waals surface area contributed by atoms with Gasteiger partial charge in [0.05, 0.1) is 12.2 Å². The van der Waals surface area contributed by atoms with Crippen molar-refractivity contribution in [3.05, 3.63) is 60.2 Å². The molecular formula is C21H24N4O. The molecule has 0 aliphatic carbocycles. The van der Waals surface area contributed by atoms with Crippen molar-refractivity contribution >= 4 is 16.9 Å². The lowest BCUT2D eigenvalue weighted by Gasteiger charge is -2.25. The van der Waals surface area contributed by atoms with Gasteiger partial charge < -0.3 is 20.3 Å². The minimum Gasteiger partial charge on any atom is -0.396 e. The summed E-state index contributed by atoms with van der Waals surface area (Å²) in [5, 5.41) is 13.9. The topological polar surface area (TPSA) is 63.6 Å². The SMILES string of the molecule is OCCCN(Cc1c(-c2ccccc2)[nH]c2ccccc12)C1=NCCN1. The lowest BCUT2D eigenvalue weighted by Crippen LogP contribution is -2.39. The molecular weight excluding hydrogens is 324 g/mol. The number of aliphatic hydroxyl groups is 1. The van der Waals surface area contributed by atoms with Gasteiger partial charge in [0.1, 0.15) is 0 Å². The fourth-order valence-electron chi connectivity index (χ4n) is 3.52. The van der Waals surface area contributed by atoms with Crippen LogP contribution < -0.4 is 5.32 Å². The first-order chi connectivity index (χ1) is 12.9. The number of para-hydroxylation sites is 1. The van der Waals surface area contributed by atoms with E-state index in [0.717, 1.165) is 49.8 Å². The van der Waals surface area contributed by atoms with Crippen molar-refractivity contribution in [3.8, 4) is 11.3 Å². The first-order valence-electron chi connectivity index (χ1n) is 9.16. The molecule has 0 spiro atoms. The first-order valence-corrected chi connectivity index (χ1v) is 9.16.